The van der Waals surface area contributed by atoms with Crippen LogP contribution in [0.4, 0.5) is 0 Å². The highest BCUT2D eigenvalue weighted by Crippen LogP contribution is 2.39. The van der Waals surface area contributed by atoms with Crippen LogP contribution in [0.25, 0.3) is 0 Å². The molecule has 3 nitrogen and oxygen atoms in total. The van der Waals surface area contributed by atoms with Crippen LogP contribution in [0.2, 0.25) is 0 Å². The molecule has 1 aromatic carbocycles. The molecule has 0 saturated carbocycles. The minimum atomic E-state index is -0.0805. The second-order valence-electron chi connectivity index (χ2n) is 5.80. The van der Waals surface area contributed by atoms with Gasteiger partial charge in [-0.1, -0.05) is 20.8 Å². The maximum Gasteiger partial charge on any atom is 0.165 e. The molecule has 0 saturated heterocycles. The van der Waals surface area contributed by atoms with Crippen LogP contribution in [0.15, 0.2) is 12.1 Å². The van der Waals surface area contributed by atoms with E-state index in [4.69, 9.17) is 15.2 Å². The molecule has 19 heavy (non-hydrogen) atoms. The van der Waals surface area contributed by atoms with Gasteiger partial charge in [0.2, 0.25) is 0 Å². The molecule has 0 fully saturated rings. The molecule has 3 heteroatoms. The summed E-state index contributed by atoms with van der Waals surface area (Å²) in [7, 11) is 0. The van der Waals surface area contributed by atoms with E-state index in [0.29, 0.717) is 13.2 Å². The second-order valence-corrected chi connectivity index (χ2v) is 5.80. The van der Waals surface area contributed by atoms with Crippen LogP contribution in [-0.2, 0) is 5.41 Å². The first kappa shape index (κ1) is 15.8. The van der Waals surface area contributed by atoms with Gasteiger partial charge in [-0.25, -0.2) is 0 Å². The summed E-state index contributed by atoms with van der Waals surface area (Å²) in [6.45, 7) is 13.7. The van der Waals surface area contributed by atoms with Crippen LogP contribution in [-0.4, -0.2) is 13.2 Å². The highest BCUT2D eigenvalue weighted by atomic mass is 16.5. The smallest absolute Gasteiger partial charge is 0.165 e. The van der Waals surface area contributed by atoms with Crippen molar-refractivity contribution in [2.24, 2.45) is 5.73 Å². The molecule has 1 atom stereocenters. The molecule has 0 spiro atoms. The molecule has 0 heterocycles. The summed E-state index contributed by atoms with van der Waals surface area (Å²) in [4.78, 5) is 0. The molecule has 0 aliphatic rings. The predicted molar refractivity (Wildman–Crippen MR) is 80.1 cm³/mol. The number of ether oxygens (including phenoxy) is 2. The van der Waals surface area contributed by atoms with Crippen LogP contribution in [0.1, 0.15) is 58.7 Å². The van der Waals surface area contributed by atoms with Gasteiger partial charge in [-0.05, 0) is 43.9 Å². The fraction of sp³-hybridized carbons (Fsp3) is 0.625. The van der Waals surface area contributed by atoms with Gasteiger partial charge >= 0.3 is 0 Å². The molecule has 2 N–H and O–H groups in total. The Labute approximate surface area is 117 Å². The Kier molecular flexibility index (Phi) is 5.24. The molecule has 0 radical (unpaired) electrons. The van der Waals surface area contributed by atoms with E-state index >= 15 is 0 Å². The summed E-state index contributed by atoms with van der Waals surface area (Å²) in [6, 6.07) is 4.13. The summed E-state index contributed by atoms with van der Waals surface area (Å²) in [5.41, 5.74) is 8.37. The molecule has 108 valence electrons. The Morgan fingerprint density at radius 3 is 2.11 bits per heavy atom. The highest BCUT2D eigenvalue weighted by Gasteiger charge is 2.21. The van der Waals surface area contributed by atoms with Crippen LogP contribution in [0.3, 0.4) is 0 Å². The van der Waals surface area contributed by atoms with Gasteiger partial charge in [0.25, 0.3) is 0 Å². The lowest BCUT2D eigenvalue weighted by atomic mass is 9.85. The Morgan fingerprint density at radius 2 is 1.68 bits per heavy atom. The molecule has 1 aromatic rings. The summed E-state index contributed by atoms with van der Waals surface area (Å²) < 4.78 is 11.5. The zero-order chi connectivity index (χ0) is 14.6. The zero-order valence-corrected chi connectivity index (χ0v) is 13.0. The van der Waals surface area contributed by atoms with Crippen molar-refractivity contribution in [2.45, 2.75) is 53.0 Å². The lowest BCUT2D eigenvalue weighted by Crippen LogP contribution is -2.16. The highest BCUT2D eigenvalue weighted by molar-refractivity contribution is 5.52. The Hall–Kier alpha value is -1.22. The maximum atomic E-state index is 6.09. The van der Waals surface area contributed by atoms with Gasteiger partial charge < -0.3 is 15.2 Å². The van der Waals surface area contributed by atoms with Crippen molar-refractivity contribution in [1.82, 2.24) is 0 Å². The van der Waals surface area contributed by atoms with Crippen molar-refractivity contribution < 1.29 is 9.47 Å². The van der Waals surface area contributed by atoms with Crippen LogP contribution < -0.4 is 15.2 Å². The van der Waals surface area contributed by atoms with Gasteiger partial charge in [0.05, 0.1) is 13.2 Å². The molecule has 1 rings (SSSR count). The van der Waals surface area contributed by atoms with E-state index in [0.717, 1.165) is 17.1 Å². The number of hydrogen-bond donors (Lipinski definition) is 1. The quantitative estimate of drug-likeness (QED) is 0.880. The van der Waals surface area contributed by atoms with Gasteiger partial charge in [0, 0.05) is 11.6 Å². The third-order valence-electron chi connectivity index (χ3n) is 3.03. The topological polar surface area (TPSA) is 44.5 Å². The SMILES string of the molecule is CCOc1cc(C(C)(C)C)cc(C(C)N)c1OCC. The number of nitrogens with two attached hydrogens (primary N) is 1. The minimum absolute atomic E-state index is 0.0558. The fourth-order valence-corrected chi connectivity index (χ4v) is 1.96. The van der Waals surface area contributed by atoms with Gasteiger partial charge in [-0.3, -0.25) is 0 Å². The predicted octanol–water partition coefficient (Wildman–Crippen LogP) is 3.80. The standard InChI is InChI=1S/C16H27NO2/c1-7-18-14-10-12(16(4,5)6)9-13(11(3)17)15(14)19-8-2/h9-11H,7-8,17H2,1-6H3. The number of benzene rings is 1. The molecule has 1 unspecified atom stereocenters. The van der Waals surface area contributed by atoms with E-state index in [1.54, 1.807) is 0 Å². The van der Waals surface area contributed by atoms with Crippen molar-refractivity contribution in [2.75, 3.05) is 13.2 Å². The van der Waals surface area contributed by atoms with Crippen molar-refractivity contribution in [1.29, 1.82) is 0 Å². The third-order valence-corrected chi connectivity index (χ3v) is 3.03. The molecule has 0 bridgehead atoms. The summed E-state index contributed by atoms with van der Waals surface area (Å²) in [5, 5.41) is 0. The zero-order valence-electron chi connectivity index (χ0n) is 13.0. The Balaban J connectivity index is 3.43. The van der Waals surface area contributed by atoms with Crippen LogP contribution >= 0.6 is 0 Å². The average Bonchev–Trinajstić information content (AvgIpc) is 2.29. The van der Waals surface area contributed by atoms with Gasteiger partial charge in [0.15, 0.2) is 11.5 Å². The number of rotatable bonds is 5. The van der Waals surface area contributed by atoms with Crippen LogP contribution in [0, 0.1) is 0 Å². The molecule has 0 aliphatic heterocycles. The largest absolute Gasteiger partial charge is 0.490 e. The first-order valence-electron chi connectivity index (χ1n) is 7.00. The molecule has 0 aromatic heterocycles. The van der Waals surface area contributed by atoms with E-state index < -0.39 is 0 Å². The van der Waals surface area contributed by atoms with Crippen molar-refractivity contribution in [3.63, 3.8) is 0 Å². The summed E-state index contributed by atoms with van der Waals surface area (Å²) in [5.74, 6) is 1.58. The van der Waals surface area contributed by atoms with Crippen LogP contribution in [0.5, 0.6) is 11.5 Å². The van der Waals surface area contributed by atoms with Crippen molar-refractivity contribution in [3.05, 3.63) is 23.3 Å². The number of hydrogen-bond acceptors (Lipinski definition) is 3. The lowest BCUT2D eigenvalue weighted by Gasteiger charge is -2.25. The second kappa shape index (κ2) is 6.29. The third kappa shape index (κ3) is 3.87. The van der Waals surface area contributed by atoms with Crippen molar-refractivity contribution in [3.8, 4) is 11.5 Å². The van der Waals surface area contributed by atoms with E-state index in [2.05, 4.69) is 32.9 Å². The van der Waals surface area contributed by atoms with Crippen molar-refractivity contribution >= 4 is 0 Å². The molecule has 0 aliphatic carbocycles. The Morgan fingerprint density at radius 1 is 1.11 bits per heavy atom. The van der Waals surface area contributed by atoms with E-state index in [1.807, 2.05) is 20.8 Å². The minimum Gasteiger partial charge on any atom is -0.490 e. The van der Waals surface area contributed by atoms with Gasteiger partial charge in [-0.15, -0.1) is 0 Å². The lowest BCUT2D eigenvalue weighted by molar-refractivity contribution is 0.283. The normalized spacial score (nSPS) is 13.2. The summed E-state index contributed by atoms with van der Waals surface area (Å²) in [6.07, 6.45) is 0. The Bertz CT molecular complexity index is 419. The fourth-order valence-electron chi connectivity index (χ4n) is 1.96. The first-order valence-corrected chi connectivity index (χ1v) is 7.00. The molecular formula is C16H27NO2. The summed E-state index contributed by atoms with van der Waals surface area (Å²) >= 11 is 0. The maximum absolute atomic E-state index is 6.09. The molecule has 0 amide bonds. The van der Waals surface area contributed by atoms with Gasteiger partial charge in [0.1, 0.15) is 0 Å². The molecular weight excluding hydrogens is 238 g/mol. The van der Waals surface area contributed by atoms with E-state index in [1.165, 1.54) is 5.56 Å². The first-order chi connectivity index (χ1) is 8.81. The van der Waals surface area contributed by atoms with E-state index in [9.17, 15) is 0 Å². The van der Waals surface area contributed by atoms with Gasteiger partial charge in [-0.2, -0.15) is 0 Å². The monoisotopic (exact) mass is 265 g/mol. The van der Waals surface area contributed by atoms with E-state index in [-0.39, 0.29) is 11.5 Å². The average molecular weight is 265 g/mol.